The van der Waals surface area contributed by atoms with Gasteiger partial charge in [-0.25, -0.2) is 9.37 Å². The Morgan fingerprint density at radius 2 is 2.04 bits per heavy atom. The standard InChI is InChI=1S/C16H20FN5O/c17-12-3-1-2-4-14(12)23-6-5-20-15-9-13(21-16(19)22-15)10-7-11(18)8-10/h1-4,9-11H,5-8,18H2,(H3,19,20,21,22). The van der Waals surface area contributed by atoms with Gasteiger partial charge in [-0.05, 0) is 25.0 Å². The molecule has 6 nitrogen and oxygen atoms in total. The average Bonchev–Trinajstić information content (AvgIpc) is 2.49. The van der Waals surface area contributed by atoms with E-state index >= 15 is 0 Å². The number of anilines is 2. The van der Waals surface area contributed by atoms with Crippen LogP contribution in [0.15, 0.2) is 30.3 Å². The number of aromatic nitrogens is 2. The van der Waals surface area contributed by atoms with Crippen LogP contribution in [0.2, 0.25) is 0 Å². The van der Waals surface area contributed by atoms with Gasteiger partial charge >= 0.3 is 0 Å². The van der Waals surface area contributed by atoms with Crippen molar-refractivity contribution in [2.24, 2.45) is 5.73 Å². The molecule has 0 atom stereocenters. The highest BCUT2D eigenvalue weighted by Crippen LogP contribution is 2.35. The van der Waals surface area contributed by atoms with E-state index < -0.39 is 0 Å². The first kappa shape index (κ1) is 15.5. The van der Waals surface area contributed by atoms with Gasteiger partial charge in [-0.1, -0.05) is 12.1 Å². The zero-order valence-corrected chi connectivity index (χ0v) is 12.7. The second-order valence-electron chi connectivity index (χ2n) is 5.67. The molecule has 7 heteroatoms. The van der Waals surface area contributed by atoms with Crippen molar-refractivity contribution in [2.75, 3.05) is 24.2 Å². The SMILES string of the molecule is Nc1nc(NCCOc2ccccc2F)cc(C2CC(N)C2)n1. The molecular weight excluding hydrogens is 297 g/mol. The van der Waals surface area contributed by atoms with Crippen LogP contribution in [0.5, 0.6) is 5.75 Å². The Morgan fingerprint density at radius 3 is 2.78 bits per heavy atom. The van der Waals surface area contributed by atoms with Gasteiger partial charge in [0.25, 0.3) is 0 Å². The largest absolute Gasteiger partial charge is 0.489 e. The van der Waals surface area contributed by atoms with Gasteiger partial charge in [0.2, 0.25) is 5.95 Å². The van der Waals surface area contributed by atoms with E-state index in [1.165, 1.54) is 6.07 Å². The van der Waals surface area contributed by atoms with Crippen molar-refractivity contribution >= 4 is 11.8 Å². The summed E-state index contributed by atoms with van der Waals surface area (Å²) >= 11 is 0. The Balaban J connectivity index is 1.53. The summed E-state index contributed by atoms with van der Waals surface area (Å²) < 4.78 is 18.8. The quantitative estimate of drug-likeness (QED) is 0.704. The van der Waals surface area contributed by atoms with E-state index in [4.69, 9.17) is 16.2 Å². The van der Waals surface area contributed by atoms with Gasteiger partial charge in [-0.15, -0.1) is 0 Å². The third-order valence-electron chi connectivity index (χ3n) is 3.86. The molecule has 0 amide bonds. The molecule has 122 valence electrons. The van der Waals surface area contributed by atoms with Gasteiger partial charge in [0, 0.05) is 18.0 Å². The highest BCUT2D eigenvalue weighted by Gasteiger charge is 2.29. The lowest BCUT2D eigenvalue weighted by Gasteiger charge is -2.32. The van der Waals surface area contributed by atoms with E-state index in [2.05, 4.69) is 15.3 Å². The summed E-state index contributed by atoms with van der Waals surface area (Å²) in [5, 5.41) is 3.12. The van der Waals surface area contributed by atoms with Crippen LogP contribution in [-0.4, -0.2) is 29.2 Å². The molecule has 1 saturated carbocycles. The number of benzene rings is 1. The molecule has 1 fully saturated rings. The molecule has 0 saturated heterocycles. The maximum atomic E-state index is 13.4. The van der Waals surface area contributed by atoms with Crippen molar-refractivity contribution in [1.82, 2.24) is 9.97 Å². The van der Waals surface area contributed by atoms with Gasteiger partial charge in [0.1, 0.15) is 12.4 Å². The predicted octanol–water partition coefficient (Wildman–Crippen LogP) is 1.89. The zero-order valence-electron chi connectivity index (χ0n) is 12.7. The van der Waals surface area contributed by atoms with Gasteiger partial charge in [0.05, 0.1) is 12.2 Å². The average molecular weight is 317 g/mol. The predicted molar refractivity (Wildman–Crippen MR) is 86.8 cm³/mol. The van der Waals surface area contributed by atoms with Crippen molar-refractivity contribution in [3.05, 3.63) is 41.8 Å². The lowest BCUT2D eigenvalue weighted by molar-refractivity contribution is 0.315. The maximum absolute atomic E-state index is 13.4. The fourth-order valence-corrected chi connectivity index (χ4v) is 2.59. The van der Waals surface area contributed by atoms with E-state index in [1.54, 1.807) is 18.2 Å². The highest BCUT2D eigenvalue weighted by molar-refractivity contribution is 5.42. The number of nitrogens with zero attached hydrogens (tertiary/aromatic N) is 2. The van der Waals surface area contributed by atoms with Crippen molar-refractivity contribution in [3.63, 3.8) is 0 Å². The number of nitrogens with one attached hydrogen (secondary N) is 1. The highest BCUT2D eigenvalue weighted by atomic mass is 19.1. The van der Waals surface area contributed by atoms with Crippen LogP contribution in [0.3, 0.4) is 0 Å². The molecule has 1 aliphatic carbocycles. The minimum atomic E-state index is -0.373. The molecule has 23 heavy (non-hydrogen) atoms. The monoisotopic (exact) mass is 317 g/mol. The Bertz CT molecular complexity index is 675. The van der Waals surface area contributed by atoms with Crippen LogP contribution < -0.4 is 21.5 Å². The van der Waals surface area contributed by atoms with E-state index in [0.717, 1.165) is 18.5 Å². The molecule has 1 heterocycles. The van der Waals surface area contributed by atoms with Gasteiger partial charge in [-0.3, -0.25) is 0 Å². The number of nitrogen functional groups attached to an aromatic ring is 1. The first-order valence-corrected chi connectivity index (χ1v) is 7.63. The molecule has 0 bridgehead atoms. The van der Waals surface area contributed by atoms with Gasteiger partial charge in [0.15, 0.2) is 11.6 Å². The number of rotatable bonds is 6. The minimum Gasteiger partial charge on any atom is -0.489 e. The third-order valence-corrected chi connectivity index (χ3v) is 3.86. The molecule has 0 unspecified atom stereocenters. The van der Waals surface area contributed by atoms with Gasteiger partial charge < -0.3 is 21.5 Å². The Labute approximate surface area is 134 Å². The molecule has 0 spiro atoms. The third kappa shape index (κ3) is 3.87. The van der Waals surface area contributed by atoms with Crippen LogP contribution in [0, 0.1) is 5.82 Å². The lowest BCUT2D eigenvalue weighted by atomic mass is 9.78. The normalized spacial score (nSPS) is 19.9. The van der Waals surface area contributed by atoms with Crippen LogP contribution in [-0.2, 0) is 0 Å². The van der Waals surface area contributed by atoms with E-state index in [0.29, 0.717) is 24.9 Å². The fourth-order valence-electron chi connectivity index (χ4n) is 2.59. The second kappa shape index (κ2) is 6.78. The molecule has 1 aromatic heterocycles. The second-order valence-corrected chi connectivity index (χ2v) is 5.67. The zero-order chi connectivity index (χ0) is 16.2. The summed E-state index contributed by atoms with van der Waals surface area (Å²) in [6.07, 6.45) is 1.85. The van der Waals surface area contributed by atoms with E-state index in [9.17, 15) is 4.39 Å². The summed E-state index contributed by atoms with van der Waals surface area (Å²) in [5.74, 6) is 1.10. The van der Waals surface area contributed by atoms with Crippen molar-refractivity contribution in [3.8, 4) is 5.75 Å². The van der Waals surface area contributed by atoms with Crippen LogP contribution in [0.25, 0.3) is 0 Å². The smallest absolute Gasteiger partial charge is 0.222 e. The summed E-state index contributed by atoms with van der Waals surface area (Å²) in [6, 6.07) is 8.45. The topological polar surface area (TPSA) is 99.1 Å². The van der Waals surface area contributed by atoms with Crippen molar-refractivity contribution in [2.45, 2.75) is 24.8 Å². The Morgan fingerprint density at radius 1 is 1.26 bits per heavy atom. The first-order chi connectivity index (χ1) is 11.1. The first-order valence-electron chi connectivity index (χ1n) is 7.63. The number of hydrogen-bond donors (Lipinski definition) is 3. The van der Waals surface area contributed by atoms with Crippen LogP contribution >= 0.6 is 0 Å². The van der Waals surface area contributed by atoms with Crippen molar-refractivity contribution in [1.29, 1.82) is 0 Å². The summed E-state index contributed by atoms with van der Waals surface area (Å²) in [4.78, 5) is 8.42. The Kier molecular flexibility index (Phi) is 4.57. The number of para-hydroxylation sites is 1. The molecule has 0 radical (unpaired) electrons. The number of halogens is 1. The molecule has 3 rings (SSSR count). The summed E-state index contributed by atoms with van der Waals surface area (Å²) in [6.45, 7) is 0.795. The lowest BCUT2D eigenvalue weighted by Crippen LogP contribution is -2.35. The number of nitrogens with two attached hydrogens (primary N) is 2. The molecule has 1 aliphatic rings. The molecular formula is C16H20FN5O. The molecule has 1 aromatic carbocycles. The molecule has 5 N–H and O–H groups in total. The van der Waals surface area contributed by atoms with E-state index in [-0.39, 0.29) is 23.6 Å². The van der Waals surface area contributed by atoms with Crippen LogP contribution in [0.4, 0.5) is 16.2 Å². The maximum Gasteiger partial charge on any atom is 0.222 e. The minimum absolute atomic E-state index is 0.237. The summed E-state index contributed by atoms with van der Waals surface area (Å²) in [7, 11) is 0. The fraction of sp³-hybridized carbons (Fsp3) is 0.375. The van der Waals surface area contributed by atoms with E-state index in [1.807, 2.05) is 6.07 Å². The summed E-state index contributed by atoms with van der Waals surface area (Å²) in [5.41, 5.74) is 12.5. The van der Waals surface area contributed by atoms with Gasteiger partial charge in [-0.2, -0.15) is 4.98 Å². The number of hydrogen-bond acceptors (Lipinski definition) is 6. The van der Waals surface area contributed by atoms with Crippen molar-refractivity contribution < 1.29 is 9.13 Å². The molecule has 2 aromatic rings. The Hall–Kier alpha value is -2.41. The van der Waals surface area contributed by atoms with Crippen LogP contribution in [0.1, 0.15) is 24.5 Å². The molecule has 0 aliphatic heterocycles. The number of ether oxygens (including phenoxy) is 1.